The van der Waals surface area contributed by atoms with Crippen LogP contribution in [0.25, 0.3) is 10.9 Å². The molecule has 3 nitrogen and oxygen atoms in total. The van der Waals surface area contributed by atoms with Crippen molar-refractivity contribution in [1.29, 1.82) is 0 Å². The number of hydrogen-bond donors (Lipinski definition) is 1. The van der Waals surface area contributed by atoms with Gasteiger partial charge in [0.25, 0.3) is 0 Å². The first-order valence-electron chi connectivity index (χ1n) is 6.67. The molecule has 1 aromatic carbocycles. The quantitative estimate of drug-likeness (QED) is 0.896. The van der Waals surface area contributed by atoms with Gasteiger partial charge in [0, 0.05) is 24.2 Å². The van der Waals surface area contributed by atoms with Crippen molar-refractivity contribution >= 4 is 10.9 Å². The van der Waals surface area contributed by atoms with Gasteiger partial charge >= 0.3 is 0 Å². The number of hydrogen-bond acceptors (Lipinski definition) is 3. The monoisotopic (exact) mass is 241 g/mol. The molecule has 1 saturated heterocycles. The lowest BCUT2D eigenvalue weighted by molar-refractivity contribution is 0.251. The standard InChI is InChI=1S/C15H19N3/c16-10-15(18-7-3-4-8-18)13-9-12-5-1-2-6-14(12)17-11-13/h1-2,5-6,9,11,15H,3-4,7-8,10,16H2. The van der Waals surface area contributed by atoms with Crippen LogP contribution in [0.5, 0.6) is 0 Å². The molecule has 1 aromatic heterocycles. The molecule has 1 aliphatic heterocycles. The Balaban J connectivity index is 1.96. The maximum absolute atomic E-state index is 5.96. The van der Waals surface area contributed by atoms with E-state index in [1.807, 2.05) is 18.3 Å². The van der Waals surface area contributed by atoms with E-state index in [0.717, 1.165) is 18.6 Å². The number of likely N-dealkylation sites (tertiary alicyclic amines) is 1. The van der Waals surface area contributed by atoms with Crippen molar-refractivity contribution in [3.63, 3.8) is 0 Å². The number of nitrogens with two attached hydrogens (primary N) is 1. The summed E-state index contributed by atoms with van der Waals surface area (Å²) in [7, 11) is 0. The summed E-state index contributed by atoms with van der Waals surface area (Å²) in [6.07, 6.45) is 4.56. The van der Waals surface area contributed by atoms with Gasteiger partial charge in [-0.25, -0.2) is 0 Å². The van der Waals surface area contributed by atoms with Gasteiger partial charge in [-0.3, -0.25) is 9.88 Å². The molecule has 1 unspecified atom stereocenters. The molecule has 2 aromatic rings. The second-order valence-electron chi connectivity index (χ2n) is 4.96. The van der Waals surface area contributed by atoms with Crippen molar-refractivity contribution < 1.29 is 0 Å². The third-order valence-electron chi connectivity index (χ3n) is 3.80. The van der Waals surface area contributed by atoms with Gasteiger partial charge in [0.2, 0.25) is 0 Å². The third-order valence-corrected chi connectivity index (χ3v) is 3.80. The van der Waals surface area contributed by atoms with Crippen molar-refractivity contribution in [2.45, 2.75) is 18.9 Å². The minimum absolute atomic E-state index is 0.324. The molecule has 2 N–H and O–H groups in total. The molecule has 1 aliphatic rings. The van der Waals surface area contributed by atoms with E-state index in [1.165, 1.54) is 23.8 Å². The highest BCUT2D eigenvalue weighted by molar-refractivity contribution is 5.78. The van der Waals surface area contributed by atoms with Crippen LogP contribution in [-0.2, 0) is 0 Å². The Morgan fingerprint density at radius 1 is 1.22 bits per heavy atom. The van der Waals surface area contributed by atoms with Crippen LogP contribution >= 0.6 is 0 Å². The van der Waals surface area contributed by atoms with E-state index in [9.17, 15) is 0 Å². The molecule has 0 bridgehead atoms. The van der Waals surface area contributed by atoms with Crippen molar-refractivity contribution in [2.75, 3.05) is 19.6 Å². The van der Waals surface area contributed by atoms with Gasteiger partial charge in [0.1, 0.15) is 0 Å². The molecule has 0 spiro atoms. The number of aromatic nitrogens is 1. The maximum atomic E-state index is 5.96. The van der Waals surface area contributed by atoms with Crippen molar-refractivity contribution in [1.82, 2.24) is 9.88 Å². The predicted octanol–water partition coefficient (Wildman–Crippen LogP) is 2.33. The Morgan fingerprint density at radius 3 is 2.78 bits per heavy atom. The molecular formula is C15H19N3. The summed E-state index contributed by atoms with van der Waals surface area (Å²) in [6, 6.07) is 10.8. The van der Waals surface area contributed by atoms with Gasteiger partial charge < -0.3 is 5.73 Å². The normalized spacial score (nSPS) is 18.3. The van der Waals surface area contributed by atoms with Crippen molar-refractivity contribution in [3.8, 4) is 0 Å². The fraction of sp³-hybridized carbons (Fsp3) is 0.400. The van der Waals surface area contributed by atoms with Crippen LogP contribution in [0.3, 0.4) is 0 Å². The number of pyridine rings is 1. The van der Waals surface area contributed by atoms with E-state index in [-0.39, 0.29) is 0 Å². The highest BCUT2D eigenvalue weighted by Gasteiger charge is 2.22. The summed E-state index contributed by atoms with van der Waals surface area (Å²) in [5, 5.41) is 1.20. The minimum atomic E-state index is 0.324. The third kappa shape index (κ3) is 2.11. The Labute approximate surface area is 108 Å². The summed E-state index contributed by atoms with van der Waals surface area (Å²) >= 11 is 0. The zero-order valence-electron chi connectivity index (χ0n) is 10.5. The fourth-order valence-electron chi connectivity index (χ4n) is 2.82. The van der Waals surface area contributed by atoms with E-state index in [2.05, 4.69) is 28.1 Å². The lowest BCUT2D eigenvalue weighted by Gasteiger charge is -2.26. The Kier molecular flexibility index (Phi) is 3.26. The van der Waals surface area contributed by atoms with Crippen LogP contribution in [0, 0.1) is 0 Å². The lowest BCUT2D eigenvalue weighted by Crippen LogP contribution is -2.31. The molecular weight excluding hydrogens is 222 g/mol. The first-order chi connectivity index (χ1) is 8.88. The summed E-state index contributed by atoms with van der Waals surface area (Å²) in [5.74, 6) is 0. The predicted molar refractivity (Wildman–Crippen MR) is 74.3 cm³/mol. The molecule has 0 radical (unpaired) electrons. The van der Waals surface area contributed by atoms with Crippen LogP contribution in [-0.4, -0.2) is 29.5 Å². The Hall–Kier alpha value is -1.45. The second kappa shape index (κ2) is 5.04. The molecule has 0 saturated carbocycles. The molecule has 0 amide bonds. The molecule has 18 heavy (non-hydrogen) atoms. The van der Waals surface area contributed by atoms with E-state index >= 15 is 0 Å². The summed E-state index contributed by atoms with van der Waals surface area (Å²) in [6.45, 7) is 2.99. The largest absolute Gasteiger partial charge is 0.329 e. The topological polar surface area (TPSA) is 42.1 Å². The minimum Gasteiger partial charge on any atom is -0.329 e. The van der Waals surface area contributed by atoms with E-state index < -0.39 is 0 Å². The van der Waals surface area contributed by atoms with Gasteiger partial charge in [0.05, 0.1) is 5.52 Å². The number of fused-ring (bicyclic) bond motifs is 1. The first-order valence-corrected chi connectivity index (χ1v) is 6.67. The van der Waals surface area contributed by atoms with Gasteiger partial charge in [-0.2, -0.15) is 0 Å². The highest BCUT2D eigenvalue weighted by atomic mass is 15.2. The smallest absolute Gasteiger partial charge is 0.0702 e. The average molecular weight is 241 g/mol. The first kappa shape index (κ1) is 11.6. The van der Waals surface area contributed by atoms with Crippen LogP contribution < -0.4 is 5.73 Å². The van der Waals surface area contributed by atoms with Crippen molar-refractivity contribution in [3.05, 3.63) is 42.1 Å². The van der Waals surface area contributed by atoms with Gasteiger partial charge in [0.15, 0.2) is 0 Å². The molecule has 94 valence electrons. The molecule has 0 aliphatic carbocycles. The fourth-order valence-corrected chi connectivity index (χ4v) is 2.82. The van der Waals surface area contributed by atoms with Crippen LogP contribution in [0.15, 0.2) is 36.5 Å². The van der Waals surface area contributed by atoms with E-state index in [4.69, 9.17) is 5.73 Å². The Bertz CT molecular complexity index is 532. The van der Waals surface area contributed by atoms with E-state index in [1.54, 1.807) is 0 Å². The molecule has 2 heterocycles. The van der Waals surface area contributed by atoms with Crippen LogP contribution in [0.1, 0.15) is 24.4 Å². The zero-order valence-corrected chi connectivity index (χ0v) is 10.5. The summed E-state index contributed by atoms with van der Waals surface area (Å²) in [4.78, 5) is 7.02. The average Bonchev–Trinajstić information content (AvgIpc) is 2.93. The van der Waals surface area contributed by atoms with E-state index in [0.29, 0.717) is 12.6 Å². The van der Waals surface area contributed by atoms with Crippen LogP contribution in [0.2, 0.25) is 0 Å². The number of benzene rings is 1. The van der Waals surface area contributed by atoms with Gasteiger partial charge in [-0.05, 0) is 43.6 Å². The number of nitrogens with zero attached hydrogens (tertiary/aromatic N) is 2. The van der Waals surface area contributed by atoms with Gasteiger partial charge in [-0.15, -0.1) is 0 Å². The molecule has 1 fully saturated rings. The molecule has 3 rings (SSSR count). The highest BCUT2D eigenvalue weighted by Crippen LogP contribution is 2.25. The van der Waals surface area contributed by atoms with Crippen LogP contribution in [0.4, 0.5) is 0 Å². The lowest BCUT2D eigenvalue weighted by atomic mass is 10.1. The molecule has 1 atom stereocenters. The number of para-hydroxylation sites is 1. The Morgan fingerprint density at radius 2 is 2.00 bits per heavy atom. The van der Waals surface area contributed by atoms with Gasteiger partial charge in [-0.1, -0.05) is 18.2 Å². The summed E-state index contributed by atoms with van der Waals surface area (Å²) in [5.41, 5.74) is 8.26. The summed E-state index contributed by atoms with van der Waals surface area (Å²) < 4.78 is 0. The number of rotatable bonds is 3. The maximum Gasteiger partial charge on any atom is 0.0702 e. The zero-order chi connectivity index (χ0) is 12.4. The van der Waals surface area contributed by atoms with Crippen molar-refractivity contribution in [2.24, 2.45) is 5.73 Å². The SMILES string of the molecule is NCC(c1cnc2ccccc2c1)N1CCCC1. The molecule has 3 heteroatoms. The second-order valence-corrected chi connectivity index (χ2v) is 4.96.